The number of carbonyl (C=O) groups is 2. The molecule has 0 heterocycles. The summed E-state index contributed by atoms with van der Waals surface area (Å²) < 4.78 is 17.9. The number of ether oxygens (including phenoxy) is 1. The predicted octanol–water partition coefficient (Wildman–Crippen LogP) is 1.73. The van der Waals surface area contributed by atoms with Gasteiger partial charge in [0, 0.05) is 22.8 Å². The van der Waals surface area contributed by atoms with E-state index < -0.39 is 17.7 Å². The number of hydrogen-bond acceptors (Lipinski definition) is 3. The minimum absolute atomic E-state index is 0.109. The van der Waals surface area contributed by atoms with Crippen LogP contribution >= 0.6 is 23.2 Å². The van der Waals surface area contributed by atoms with Crippen LogP contribution in [0.1, 0.15) is 0 Å². The number of rotatable bonds is 4. The molecule has 0 bridgehead atoms. The van der Waals surface area contributed by atoms with E-state index >= 15 is 0 Å². The Balaban J connectivity index is 2.97. The van der Waals surface area contributed by atoms with Crippen molar-refractivity contribution in [2.24, 2.45) is 5.73 Å². The zero-order valence-electron chi connectivity index (χ0n) is 9.17. The Morgan fingerprint density at radius 2 is 1.83 bits per heavy atom. The van der Waals surface area contributed by atoms with Crippen LogP contribution in [0.3, 0.4) is 0 Å². The van der Waals surface area contributed by atoms with E-state index in [2.05, 4.69) is 10.1 Å². The van der Waals surface area contributed by atoms with Gasteiger partial charge < -0.3 is 15.8 Å². The van der Waals surface area contributed by atoms with Crippen molar-refractivity contribution in [2.45, 2.75) is 5.85 Å². The normalized spacial score (nSPS) is 13.8. The molecular weight excluding hydrogens is 286 g/mol. The van der Waals surface area contributed by atoms with Crippen LogP contribution in [0.2, 0.25) is 10.0 Å². The van der Waals surface area contributed by atoms with Gasteiger partial charge in [-0.1, -0.05) is 23.2 Å². The molecule has 0 saturated heterocycles. The largest absolute Gasteiger partial charge is 0.367 e. The summed E-state index contributed by atoms with van der Waals surface area (Å²) in [4.78, 5) is 22.4. The van der Waals surface area contributed by atoms with E-state index in [4.69, 9.17) is 28.9 Å². The summed E-state index contributed by atoms with van der Waals surface area (Å²) in [5.41, 5.74) is 4.85. The van der Waals surface area contributed by atoms with E-state index in [1.165, 1.54) is 18.2 Å². The fourth-order valence-corrected chi connectivity index (χ4v) is 1.67. The molecule has 18 heavy (non-hydrogen) atoms. The summed E-state index contributed by atoms with van der Waals surface area (Å²) in [7, 11) is 0.843. The van der Waals surface area contributed by atoms with Crippen LogP contribution in [-0.4, -0.2) is 24.8 Å². The molecule has 2 amide bonds. The fraction of sp³-hybridized carbons (Fsp3) is 0.200. The van der Waals surface area contributed by atoms with Gasteiger partial charge in [0.2, 0.25) is 0 Å². The summed E-state index contributed by atoms with van der Waals surface area (Å²) in [5.74, 6) is -6.18. The smallest absolute Gasteiger partial charge is 0.364 e. The van der Waals surface area contributed by atoms with Crippen molar-refractivity contribution >= 4 is 40.7 Å². The molecule has 98 valence electrons. The van der Waals surface area contributed by atoms with Gasteiger partial charge in [-0.15, -0.1) is 0 Å². The molecule has 0 aromatic heterocycles. The molecule has 0 aliphatic rings. The topological polar surface area (TPSA) is 81.4 Å². The standard InChI is InChI=1S/C10H9Cl2FN2O3/c1-18-10(13,8(14)16)9(17)15-7-3-5(11)2-6(12)4-7/h2-4H,1H3,(H2,14,16)(H,15,17). The van der Waals surface area contributed by atoms with E-state index in [-0.39, 0.29) is 15.7 Å². The lowest BCUT2D eigenvalue weighted by atomic mass is 10.2. The van der Waals surface area contributed by atoms with Crippen LogP contribution in [-0.2, 0) is 14.3 Å². The Labute approximate surface area is 112 Å². The summed E-state index contributed by atoms with van der Waals surface area (Å²) in [6, 6.07) is 4.07. The fourth-order valence-electron chi connectivity index (χ4n) is 1.14. The maximum Gasteiger partial charge on any atom is 0.367 e. The van der Waals surface area contributed by atoms with Crippen LogP contribution in [0, 0.1) is 0 Å². The maximum atomic E-state index is 13.7. The van der Waals surface area contributed by atoms with Gasteiger partial charge in [0.15, 0.2) is 0 Å². The highest BCUT2D eigenvalue weighted by Gasteiger charge is 2.45. The second-order valence-corrected chi connectivity index (χ2v) is 4.15. The van der Waals surface area contributed by atoms with Crippen LogP contribution in [0.15, 0.2) is 18.2 Å². The number of methoxy groups -OCH3 is 1. The first-order chi connectivity index (χ1) is 8.29. The Kier molecular flexibility index (Phi) is 4.50. The Bertz CT molecular complexity index is 478. The average molecular weight is 295 g/mol. The molecule has 0 aliphatic carbocycles. The number of halogens is 3. The van der Waals surface area contributed by atoms with Gasteiger partial charge in [0.1, 0.15) is 0 Å². The van der Waals surface area contributed by atoms with E-state index in [9.17, 15) is 14.0 Å². The first kappa shape index (κ1) is 14.7. The summed E-state index contributed by atoms with van der Waals surface area (Å²) in [5, 5.41) is 2.56. The quantitative estimate of drug-likeness (QED) is 0.830. The summed E-state index contributed by atoms with van der Waals surface area (Å²) >= 11 is 11.4. The highest BCUT2D eigenvalue weighted by atomic mass is 35.5. The Morgan fingerprint density at radius 3 is 2.22 bits per heavy atom. The lowest BCUT2D eigenvalue weighted by molar-refractivity contribution is -0.173. The first-order valence-electron chi connectivity index (χ1n) is 4.61. The van der Waals surface area contributed by atoms with Crippen LogP contribution in [0.5, 0.6) is 0 Å². The number of primary amides is 1. The van der Waals surface area contributed by atoms with E-state index in [1.54, 1.807) is 0 Å². The van der Waals surface area contributed by atoms with Crippen LogP contribution in [0.25, 0.3) is 0 Å². The van der Waals surface area contributed by atoms with E-state index in [1.807, 2.05) is 0 Å². The molecule has 0 fully saturated rings. The molecular formula is C10H9Cl2FN2O3. The van der Waals surface area contributed by atoms with Gasteiger partial charge in [0.05, 0.1) is 0 Å². The van der Waals surface area contributed by atoms with Crippen LogP contribution in [0.4, 0.5) is 10.1 Å². The number of hydrogen-bond donors (Lipinski definition) is 2. The van der Waals surface area contributed by atoms with Gasteiger partial charge in [-0.3, -0.25) is 9.59 Å². The molecule has 1 aromatic rings. The lowest BCUT2D eigenvalue weighted by Gasteiger charge is -2.18. The third kappa shape index (κ3) is 3.10. The van der Waals surface area contributed by atoms with Crippen molar-refractivity contribution in [1.29, 1.82) is 0 Å². The van der Waals surface area contributed by atoms with E-state index in [0.717, 1.165) is 7.11 Å². The van der Waals surface area contributed by atoms with E-state index in [0.29, 0.717) is 0 Å². The number of nitrogens with one attached hydrogen (secondary N) is 1. The van der Waals surface area contributed by atoms with Crippen molar-refractivity contribution in [1.82, 2.24) is 0 Å². The monoisotopic (exact) mass is 294 g/mol. The molecule has 0 aliphatic heterocycles. The third-order valence-electron chi connectivity index (χ3n) is 2.01. The van der Waals surface area contributed by atoms with Gasteiger partial charge in [-0.2, -0.15) is 4.39 Å². The van der Waals surface area contributed by atoms with Crippen molar-refractivity contribution in [2.75, 3.05) is 12.4 Å². The second kappa shape index (κ2) is 5.51. The number of alkyl halides is 1. The highest BCUT2D eigenvalue weighted by molar-refractivity contribution is 6.35. The molecule has 0 spiro atoms. The molecule has 0 radical (unpaired) electrons. The molecule has 1 rings (SSSR count). The molecule has 1 unspecified atom stereocenters. The third-order valence-corrected chi connectivity index (χ3v) is 2.45. The Hall–Kier alpha value is -1.37. The number of benzene rings is 1. The zero-order valence-corrected chi connectivity index (χ0v) is 10.7. The average Bonchev–Trinajstić information content (AvgIpc) is 2.25. The Morgan fingerprint density at radius 1 is 1.33 bits per heavy atom. The zero-order chi connectivity index (χ0) is 13.9. The van der Waals surface area contributed by atoms with Gasteiger partial charge >= 0.3 is 5.85 Å². The van der Waals surface area contributed by atoms with Crippen molar-refractivity contribution < 1.29 is 18.7 Å². The number of amides is 2. The molecule has 3 N–H and O–H groups in total. The maximum absolute atomic E-state index is 13.7. The van der Waals surface area contributed by atoms with Gasteiger partial charge in [-0.25, -0.2) is 0 Å². The predicted molar refractivity (Wildman–Crippen MR) is 65.1 cm³/mol. The van der Waals surface area contributed by atoms with Gasteiger partial charge in [-0.05, 0) is 18.2 Å². The molecule has 1 atom stereocenters. The highest BCUT2D eigenvalue weighted by Crippen LogP contribution is 2.24. The molecule has 8 heteroatoms. The summed E-state index contributed by atoms with van der Waals surface area (Å²) in [6.45, 7) is 0. The van der Waals surface area contributed by atoms with Gasteiger partial charge in [0.25, 0.3) is 11.8 Å². The second-order valence-electron chi connectivity index (χ2n) is 3.28. The lowest BCUT2D eigenvalue weighted by Crippen LogP contribution is -2.51. The number of carbonyl (C=O) groups excluding carboxylic acids is 2. The molecule has 0 saturated carbocycles. The van der Waals surface area contributed by atoms with Crippen molar-refractivity contribution in [3.05, 3.63) is 28.2 Å². The minimum Gasteiger partial charge on any atom is -0.364 e. The molecule has 5 nitrogen and oxygen atoms in total. The minimum atomic E-state index is -3.26. The number of nitrogens with two attached hydrogens (primary N) is 1. The number of anilines is 1. The first-order valence-corrected chi connectivity index (χ1v) is 5.36. The van der Waals surface area contributed by atoms with Crippen molar-refractivity contribution in [3.8, 4) is 0 Å². The summed E-state index contributed by atoms with van der Waals surface area (Å²) in [6.07, 6.45) is 0. The van der Waals surface area contributed by atoms with Crippen molar-refractivity contribution in [3.63, 3.8) is 0 Å². The van der Waals surface area contributed by atoms with Crippen LogP contribution < -0.4 is 11.1 Å². The molecule has 1 aromatic carbocycles. The SMILES string of the molecule is COC(F)(C(N)=O)C(=O)Nc1cc(Cl)cc(Cl)c1.